The van der Waals surface area contributed by atoms with Crippen LogP contribution in [0.5, 0.6) is 5.75 Å². The first-order valence-corrected chi connectivity index (χ1v) is 7.74. The molecule has 0 aliphatic carbocycles. The van der Waals surface area contributed by atoms with Gasteiger partial charge in [-0.15, -0.1) is 0 Å². The summed E-state index contributed by atoms with van der Waals surface area (Å²) in [5.41, 5.74) is 1.56. The number of halogens is 1. The van der Waals surface area contributed by atoms with Gasteiger partial charge < -0.3 is 15.0 Å². The van der Waals surface area contributed by atoms with Crippen molar-refractivity contribution in [2.75, 3.05) is 27.7 Å². The zero-order chi connectivity index (χ0) is 16.8. The van der Waals surface area contributed by atoms with Crippen molar-refractivity contribution in [3.63, 3.8) is 0 Å². The Labute approximate surface area is 142 Å². The largest absolute Gasteiger partial charge is 0.497 e. The third-order valence-electron chi connectivity index (χ3n) is 3.68. The number of rotatable bonds is 6. The molecule has 23 heavy (non-hydrogen) atoms. The summed E-state index contributed by atoms with van der Waals surface area (Å²) in [6, 6.07) is 14.8. The average Bonchev–Trinajstić information content (AvgIpc) is 2.56. The Morgan fingerprint density at radius 1 is 1.22 bits per heavy atom. The molecule has 0 saturated carbocycles. The molecule has 0 fully saturated rings. The number of likely N-dealkylation sites (N-methyl/N-ethyl adjacent to an activating group) is 1. The molecule has 2 aromatic rings. The minimum absolute atomic E-state index is 0.00161. The van der Waals surface area contributed by atoms with Crippen LogP contribution in [0.3, 0.4) is 0 Å². The number of amides is 1. The summed E-state index contributed by atoms with van der Waals surface area (Å²) in [5, 5.41) is 3.66. The number of hydrogen-bond donors (Lipinski definition) is 1. The summed E-state index contributed by atoms with van der Waals surface area (Å²) in [7, 11) is 5.51. The number of hydrogen-bond acceptors (Lipinski definition) is 3. The number of nitrogens with one attached hydrogen (secondary N) is 1. The monoisotopic (exact) mass is 332 g/mol. The number of methoxy groups -OCH3 is 1. The summed E-state index contributed by atoms with van der Waals surface area (Å²) in [4.78, 5) is 14.4. The molecule has 0 aliphatic rings. The predicted octanol–water partition coefficient (Wildman–Crippen LogP) is 3.38. The SMILES string of the molecule is COc1cccc(C(=O)NCC(c2ccccc2Cl)N(C)C)c1. The zero-order valence-corrected chi connectivity index (χ0v) is 14.3. The molecule has 2 rings (SSSR count). The molecule has 0 aromatic heterocycles. The van der Waals surface area contributed by atoms with E-state index in [1.165, 1.54) is 0 Å². The topological polar surface area (TPSA) is 41.6 Å². The summed E-state index contributed by atoms with van der Waals surface area (Å²) >= 11 is 6.28. The standard InChI is InChI=1S/C18H21ClN2O2/c1-21(2)17(15-9-4-5-10-16(15)19)12-20-18(22)13-7-6-8-14(11-13)23-3/h4-11,17H,12H2,1-3H3,(H,20,22). The van der Waals surface area contributed by atoms with Crippen LogP contribution >= 0.6 is 11.6 Å². The van der Waals surface area contributed by atoms with Crippen LogP contribution in [0.4, 0.5) is 0 Å². The highest BCUT2D eigenvalue weighted by Gasteiger charge is 2.18. The first-order valence-electron chi connectivity index (χ1n) is 7.36. The van der Waals surface area contributed by atoms with Gasteiger partial charge in [0.15, 0.2) is 0 Å². The van der Waals surface area contributed by atoms with Gasteiger partial charge in [-0.1, -0.05) is 35.9 Å². The summed E-state index contributed by atoms with van der Waals surface area (Å²) in [6.07, 6.45) is 0. The van der Waals surface area contributed by atoms with Gasteiger partial charge in [-0.05, 0) is 43.9 Å². The Morgan fingerprint density at radius 3 is 2.61 bits per heavy atom. The molecule has 0 spiro atoms. The highest BCUT2D eigenvalue weighted by atomic mass is 35.5. The second-order valence-electron chi connectivity index (χ2n) is 5.44. The van der Waals surface area contributed by atoms with E-state index in [9.17, 15) is 4.79 Å². The second-order valence-corrected chi connectivity index (χ2v) is 5.85. The van der Waals surface area contributed by atoms with Crippen molar-refractivity contribution < 1.29 is 9.53 Å². The number of nitrogens with zero attached hydrogens (tertiary/aromatic N) is 1. The molecular formula is C18H21ClN2O2. The van der Waals surface area contributed by atoms with Crippen LogP contribution in [0.2, 0.25) is 5.02 Å². The second kappa shape index (κ2) is 7.99. The molecule has 0 heterocycles. The van der Waals surface area contributed by atoms with Gasteiger partial charge in [0.25, 0.3) is 5.91 Å². The van der Waals surface area contributed by atoms with E-state index in [0.29, 0.717) is 22.9 Å². The molecule has 1 unspecified atom stereocenters. The van der Waals surface area contributed by atoms with Gasteiger partial charge in [0.2, 0.25) is 0 Å². The van der Waals surface area contributed by atoms with Gasteiger partial charge >= 0.3 is 0 Å². The Kier molecular flexibility index (Phi) is 6.02. The highest BCUT2D eigenvalue weighted by molar-refractivity contribution is 6.31. The zero-order valence-electron chi connectivity index (χ0n) is 13.5. The number of carbonyl (C=O) groups is 1. The lowest BCUT2D eigenvalue weighted by molar-refractivity contribution is 0.0941. The fraction of sp³-hybridized carbons (Fsp3) is 0.278. The van der Waals surface area contributed by atoms with Gasteiger partial charge in [0.1, 0.15) is 5.75 Å². The minimum atomic E-state index is -0.136. The lowest BCUT2D eigenvalue weighted by Crippen LogP contribution is -2.34. The first kappa shape index (κ1) is 17.3. The van der Waals surface area contributed by atoms with Crippen LogP contribution in [0, 0.1) is 0 Å². The smallest absolute Gasteiger partial charge is 0.251 e. The van der Waals surface area contributed by atoms with E-state index in [2.05, 4.69) is 5.32 Å². The third kappa shape index (κ3) is 4.47. The molecular weight excluding hydrogens is 312 g/mol. The quantitative estimate of drug-likeness (QED) is 0.881. The van der Waals surface area contributed by atoms with E-state index in [1.54, 1.807) is 25.3 Å². The average molecular weight is 333 g/mol. The van der Waals surface area contributed by atoms with E-state index >= 15 is 0 Å². The van der Waals surface area contributed by atoms with Crippen molar-refractivity contribution in [1.29, 1.82) is 0 Å². The maximum absolute atomic E-state index is 12.3. The van der Waals surface area contributed by atoms with Crippen LogP contribution in [0.15, 0.2) is 48.5 Å². The number of benzene rings is 2. The molecule has 122 valence electrons. The molecule has 2 aromatic carbocycles. The van der Waals surface area contributed by atoms with Gasteiger partial charge in [0, 0.05) is 17.1 Å². The van der Waals surface area contributed by atoms with Gasteiger partial charge in [-0.25, -0.2) is 0 Å². The van der Waals surface area contributed by atoms with E-state index in [1.807, 2.05) is 49.3 Å². The lowest BCUT2D eigenvalue weighted by atomic mass is 10.1. The van der Waals surface area contributed by atoms with Crippen LogP contribution in [0.1, 0.15) is 22.0 Å². The Morgan fingerprint density at radius 2 is 1.96 bits per heavy atom. The Hall–Kier alpha value is -2.04. The predicted molar refractivity (Wildman–Crippen MR) is 93.2 cm³/mol. The van der Waals surface area contributed by atoms with Crippen molar-refractivity contribution in [2.24, 2.45) is 0 Å². The molecule has 0 radical (unpaired) electrons. The van der Waals surface area contributed by atoms with E-state index < -0.39 is 0 Å². The van der Waals surface area contributed by atoms with Crippen LogP contribution in [-0.2, 0) is 0 Å². The Balaban J connectivity index is 2.10. The fourth-order valence-electron chi connectivity index (χ4n) is 2.37. The van der Waals surface area contributed by atoms with Crippen LogP contribution < -0.4 is 10.1 Å². The molecule has 4 nitrogen and oxygen atoms in total. The van der Waals surface area contributed by atoms with Crippen molar-refractivity contribution in [3.8, 4) is 5.75 Å². The Bertz CT molecular complexity index is 674. The van der Waals surface area contributed by atoms with Gasteiger partial charge in [-0.2, -0.15) is 0 Å². The molecule has 0 bridgehead atoms. The molecule has 0 saturated heterocycles. The lowest BCUT2D eigenvalue weighted by Gasteiger charge is -2.26. The molecule has 1 N–H and O–H groups in total. The number of ether oxygens (including phenoxy) is 1. The summed E-state index contributed by atoms with van der Waals surface area (Å²) in [5.74, 6) is 0.524. The normalized spacial score (nSPS) is 12.0. The van der Waals surface area contributed by atoms with Gasteiger partial charge in [-0.3, -0.25) is 4.79 Å². The third-order valence-corrected chi connectivity index (χ3v) is 4.02. The molecule has 1 atom stereocenters. The fourth-order valence-corrected chi connectivity index (χ4v) is 2.63. The first-order chi connectivity index (χ1) is 11.0. The summed E-state index contributed by atoms with van der Waals surface area (Å²) < 4.78 is 5.15. The van der Waals surface area contributed by atoms with E-state index in [0.717, 1.165) is 5.56 Å². The van der Waals surface area contributed by atoms with E-state index in [-0.39, 0.29) is 11.9 Å². The molecule has 1 amide bonds. The van der Waals surface area contributed by atoms with Crippen LogP contribution in [0.25, 0.3) is 0 Å². The van der Waals surface area contributed by atoms with E-state index in [4.69, 9.17) is 16.3 Å². The maximum Gasteiger partial charge on any atom is 0.251 e. The van der Waals surface area contributed by atoms with Crippen molar-refractivity contribution in [1.82, 2.24) is 10.2 Å². The number of carbonyl (C=O) groups excluding carboxylic acids is 1. The maximum atomic E-state index is 12.3. The van der Waals surface area contributed by atoms with Crippen molar-refractivity contribution >= 4 is 17.5 Å². The molecule has 0 aliphatic heterocycles. The molecule has 5 heteroatoms. The minimum Gasteiger partial charge on any atom is -0.497 e. The van der Waals surface area contributed by atoms with Crippen molar-refractivity contribution in [3.05, 3.63) is 64.7 Å². The highest BCUT2D eigenvalue weighted by Crippen LogP contribution is 2.25. The van der Waals surface area contributed by atoms with Gasteiger partial charge in [0.05, 0.1) is 13.2 Å². The van der Waals surface area contributed by atoms with Crippen LogP contribution in [-0.4, -0.2) is 38.6 Å². The summed E-state index contributed by atoms with van der Waals surface area (Å²) in [6.45, 7) is 0.465. The van der Waals surface area contributed by atoms with Crippen molar-refractivity contribution in [2.45, 2.75) is 6.04 Å².